The Kier molecular flexibility index (Phi) is 4.27. The monoisotopic (exact) mass is 300 g/mol. The Balaban J connectivity index is 2.49. The van der Waals surface area contributed by atoms with E-state index in [1.807, 2.05) is 0 Å². The van der Waals surface area contributed by atoms with Gasteiger partial charge in [0, 0.05) is 13.2 Å². The molecule has 0 atom stereocenters. The van der Waals surface area contributed by atoms with Gasteiger partial charge in [-0.2, -0.15) is 0 Å². The van der Waals surface area contributed by atoms with Crippen LogP contribution in [0.5, 0.6) is 5.75 Å². The van der Waals surface area contributed by atoms with E-state index in [0.29, 0.717) is 5.69 Å². The lowest BCUT2D eigenvalue weighted by Gasteiger charge is -2.12. The Morgan fingerprint density at radius 1 is 1.29 bits per heavy atom. The molecule has 0 saturated carbocycles. The smallest absolute Gasteiger partial charge is 0.405 e. The Morgan fingerprint density at radius 3 is 2.67 bits per heavy atom. The molecule has 0 saturated heterocycles. The standard InChI is InChI=1S/C13H11F3N2O3/c1-20-7-8-6-11(19)18-12(17-8)9-4-2-3-5-10(9)21-13(14,15)16/h2-6H,7H2,1H3,(H,17,18,19). The van der Waals surface area contributed by atoms with E-state index in [1.165, 1.54) is 31.4 Å². The third-order valence-corrected chi connectivity index (χ3v) is 2.45. The topological polar surface area (TPSA) is 64.2 Å². The summed E-state index contributed by atoms with van der Waals surface area (Å²) in [6, 6.07) is 6.63. The maximum Gasteiger partial charge on any atom is 0.573 e. The van der Waals surface area contributed by atoms with Crippen LogP contribution in [0.3, 0.4) is 0 Å². The van der Waals surface area contributed by atoms with Crippen molar-refractivity contribution in [2.45, 2.75) is 13.0 Å². The summed E-state index contributed by atoms with van der Waals surface area (Å²) in [5, 5.41) is 0. The summed E-state index contributed by atoms with van der Waals surface area (Å²) in [5.74, 6) is -0.461. The second-order valence-corrected chi connectivity index (χ2v) is 4.06. The molecule has 0 aliphatic rings. The molecule has 0 spiro atoms. The average Bonchev–Trinajstić information content (AvgIpc) is 2.37. The predicted octanol–water partition coefficient (Wildman–Crippen LogP) is 2.48. The number of aromatic nitrogens is 2. The first-order valence-corrected chi connectivity index (χ1v) is 5.83. The summed E-state index contributed by atoms with van der Waals surface area (Å²) in [5.41, 5.74) is -0.156. The van der Waals surface area contributed by atoms with Gasteiger partial charge in [0.1, 0.15) is 11.6 Å². The van der Waals surface area contributed by atoms with Crippen LogP contribution in [0, 0.1) is 0 Å². The van der Waals surface area contributed by atoms with Gasteiger partial charge in [-0.05, 0) is 12.1 Å². The van der Waals surface area contributed by atoms with Crippen molar-refractivity contribution >= 4 is 0 Å². The molecule has 0 bridgehead atoms. The van der Waals surface area contributed by atoms with E-state index < -0.39 is 17.7 Å². The first-order valence-electron chi connectivity index (χ1n) is 5.83. The minimum absolute atomic E-state index is 0.0191. The van der Waals surface area contributed by atoms with Crippen molar-refractivity contribution in [2.75, 3.05) is 7.11 Å². The third kappa shape index (κ3) is 4.06. The summed E-state index contributed by atoms with van der Waals surface area (Å²) < 4.78 is 45.9. The minimum atomic E-state index is -4.83. The highest BCUT2D eigenvalue weighted by Gasteiger charge is 2.32. The van der Waals surface area contributed by atoms with Crippen LogP contribution in [0.4, 0.5) is 13.2 Å². The van der Waals surface area contributed by atoms with Crippen molar-refractivity contribution in [1.29, 1.82) is 0 Å². The number of alkyl halides is 3. The van der Waals surface area contributed by atoms with Crippen molar-refractivity contribution in [2.24, 2.45) is 0 Å². The molecule has 21 heavy (non-hydrogen) atoms. The number of H-pyrrole nitrogens is 1. The Labute approximate surface area is 117 Å². The zero-order valence-corrected chi connectivity index (χ0v) is 10.9. The highest BCUT2D eigenvalue weighted by Crippen LogP contribution is 2.31. The Morgan fingerprint density at radius 2 is 2.00 bits per heavy atom. The summed E-state index contributed by atoms with van der Waals surface area (Å²) in [6.07, 6.45) is -4.83. The van der Waals surface area contributed by atoms with Gasteiger partial charge in [-0.3, -0.25) is 4.79 Å². The SMILES string of the molecule is COCc1cc(=O)[nH]c(-c2ccccc2OC(F)(F)F)n1. The molecule has 1 aromatic heterocycles. The fraction of sp³-hybridized carbons (Fsp3) is 0.231. The van der Waals surface area contributed by atoms with Crippen LogP contribution in [0.2, 0.25) is 0 Å². The molecule has 0 radical (unpaired) electrons. The maximum atomic E-state index is 12.4. The van der Waals surface area contributed by atoms with E-state index in [1.54, 1.807) is 0 Å². The van der Waals surface area contributed by atoms with Gasteiger partial charge in [-0.1, -0.05) is 12.1 Å². The number of hydrogen-bond acceptors (Lipinski definition) is 4. The van der Waals surface area contributed by atoms with E-state index in [2.05, 4.69) is 14.7 Å². The van der Waals surface area contributed by atoms with Crippen LogP contribution < -0.4 is 10.3 Å². The van der Waals surface area contributed by atoms with E-state index in [9.17, 15) is 18.0 Å². The number of halogens is 3. The maximum absolute atomic E-state index is 12.4. The lowest BCUT2D eigenvalue weighted by atomic mass is 10.2. The van der Waals surface area contributed by atoms with E-state index in [4.69, 9.17) is 4.74 Å². The normalized spacial score (nSPS) is 11.4. The van der Waals surface area contributed by atoms with Gasteiger partial charge >= 0.3 is 6.36 Å². The molecule has 1 N–H and O–H groups in total. The van der Waals surface area contributed by atoms with Crippen molar-refractivity contribution in [3.05, 3.63) is 46.4 Å². The molecule has 1 aromatic carbocycles. The van der Waals surface area contributed by atoms with Crippen molar-refractivity contribution in [1.82, 2.24) is 9.97 Å². The molecule has 1 heterocycles. The van der Waals surface area contributed by atoms with Gasteiger partial charge in [0.15, 0.2) is 0 Å². The number of aromatic amines is 1. The van der Waals surface area contributed by atoms with E-state index in [0.717, 1.165) is 6.07 Å². The quantitative estimate of drug-likeness (QED) is 0.942. The average molecular weight is 300 g/mol. The summed E-state index contributed by atoms with van der Waals surface area (Å²) in [7, 11) is 1.42. The molecule has 2 aromatic rings. The number of rotatable bonds is 4. The number of nitrogens with zero attached hydrogens (tertiary/aromatic N) is 1. The molecule has 2 rings (SSSR count). The van der Waals surface area contributed by atoms with Crippen molar-refractivity contribution < 1.29 is 22.6 Å². The molecule has 0 fully saturated rings. The van der Waals surface area contributed by atoms with Crippen LogP contribution in [0.25, 0.3) is 11.4 Å². The number of ether oxygens (including phenoxy) is 2. The molecular weight excluding hydrogens is 289 g/mol. The summed E-state index contributed by atoms with van der Waals surface area (Å²) in [6.45, 7) is 0.0687. The zero-order valence-electron chi connectivity index (χ0n) is 10.9. The van der Waals surface area contributed by atoms with Crippen molar-refractivity contribution in [3.8, 4) is 17.1 Å². The van der Waals surface area contributed by atoms with E-state index in [-0.39, 0.29) is 18.0 Å². The zero-order chi connectivity index (χ0) is 15.5. The molecule has 112 valence electrons. The lowest BCUT2D eigenvalue weighted by molar-refractivity contribution is -0.274. The Hall–Kier alpha value is -2.35. The van der Waals surface area contributed by atoms with Gasteiger partial charge < -0.3 is 14.5 Å². The van der Waals surface area contributed by atoms with Gasteiger partial charge in [0.2, 0.25) is 0 Å². The lowest BCUT2D eigenvalue weighted by Crippen LogP contribution is -2.18. The molecular formula is C13H11F3N2O3. The highest BCUT2D eigenvalue weighted by molar-refractivity contribution is 5.63. The van der Waals surface area contributed by atoms with Gasteiger partial charge in [-0.25, -0.2) is 4.98 Å². The number of benzene rings is 1. The Bertz CT molecular complexity index is 683. The first kappa shape index (κ1) is 15.0. The van der Waals surface area contributed by atoms with Crippen molar-refractivity contribution in [3.63, 3.8) is 0 Å². The highest BCUT2D eigenvalue weighted by atomic mass is 19.4. The summed E-state index contributed by atoms with van der Waals surface area (Å²) >= 11 is 0. The second kappa shape index (κ2) is 5.96. The van der Waals surface area contributed by atoms with Gasteiger partial charge in [-0.15, -0.1) is 13.2 Å². The predicted molar refractivity (Wildman–Crippen MR) is 67.7 cm³/mol. The first-order chi connectivity index (χ1) is 9.89. The molecule has 0 aliphatic carbocycles. The molecule has 8 heteroatoms. The molecule has 0 aliphatic heterocycles. The number of hydrogen-bond donors (Lipinski definition) is 1. The third-order valence-electron chi connectivity index (χ3n) is 2.45. The van der Waals surface area contributed by atoms with Crippen LogP contribution in [0.15, 0.2) is 35.1 Å². The van der Waals surface area contributed by atoms with Crippen LogP contribution in [-0.2, 0) is 11.3 Å². The molecule has 0 amide bonds. The van der Waals surface area contributed by atoms with Crippen LogP contribution in [-0.4, -0.2) is 23.4 Å². The number of nitrogens with one attached hydrogen (secondary N) is 1. The largest absolute Gasteiger partial charge is 0.573 e. The minimum Gasteiger partial charge on any atom is -0.405 e. The van der Waals surface area contributed by atoms with Gasteiger partial charge in [0.25, 0.3) is 5.56 Å². The fourth-order valence-electron chi connectivity index (χ4n) is 1.73. The molecule has 0 unspecified atom stereocenters. The second-order valence-electron chi connectivity index (χ2n) is 4.06. The van der Waals surface area contributed by atoms with E-state index >= 15 is 0 Å². The molecule has 5 nitrogen and oxygen atoms in total. The van der Waals surface area contributed by atoms with Crippen LogP contribution >= 0.6 is 0 Å². The van der Waals surface area contributed by atoms with Gasteiger partial charge in [0.05, 0.1) is 17.9 Å². The number of methoxy groups -OCH3 is 1. The number of para-hydroxylation sites is 1. The van der Waals surface area contributed by atoms with Crippen LogP contribution in [0.1, 0.15) is 5.69 Å². The fourth-order valence-corrected chi connectivity index (χ4v) is 1.73. The summed E-state index contributed by atoms with van der Waals surface area (Å²) in [4.78, 5) is 18.0.